The number of aryl methyl sites for hydroxylation is 1. The number of benzene rings is 1. The molecule has 0 aliphatic heterocycles. The van der Waals surface area contributed by atoms with Crippen LogP contribution in [0.5, 0.6) is 17.4 Å². The molecule has 0 saturated heterocycles. The molecule has 1 aromatic carbocycles. The summed E-state index contributed by atoms with van der Waals surface area (Å²) in [7, 11) is 4.78. The van der Waals surface area contributed by atoms with Gasteiger partial charge in [0.25, 0.3) is 0 Å². The summed E-state index contributed by atoms with van der Waals surface area (Å²) < 4.78 is 18.1. The lowest BCUT2D eigenvalue weighted by Crippen LogP contribution is -2.01. The van der Waals surface area contributed by atoms with Crippen molar-refractivity contribution in [2.45, 2.75) is 6.92 Å². The Morgan fingerprint density at radius 3 is 2.42 bits per heavy atom. The zero-order chi connectivity index (χ0) is 18.3. The van der Waals surface area contributed by atoms with Crippen LogP contribution in [-0.4, -0.2) is 45.9 Å². The molecule has 0 aliphatic carbocycles. The Kier molecular flexibility index (Phi) is 3.80. The SMILES string of the molecule is COc1ccc2nnc3c(C)nc(-c4cccc(OC)c4OC)n3c2n1. The molecule has 4 aromatic rings. The van der Waals surface area contributed by atoms with Gasteiger partial charge in [-0.05, 0) is 25.1 Å². The Morgan fingerprint density at radius 2 is 1.69 bits per heavy atom. The molecule has 0 N–H and O–H groups in total. The molecule has 0 bridgehead atoms. The number of methoxy groups -OCH3 is 3. The van der Waals surface area contributed by atoms with E-state index in [9.17, 15) is 0 Å². The minimum Gasteiger partial charge on any atom is -0.493 e. The predicted molar refractivity (Wildman–Crippen MR) is 95.9 cm³/mol. The van der Waals surface area contributed by atoms with Gasteiger partial charge in [0.1, 0.15) is 5.52 Å². The monoisotopic (exact) mass is 351 g/mol. The van der Waals surface area contributed by atoms with E-state index in [1.54, 1.807) is 27.4 Å². The number of fused-ring (bicyclic) bond motifs is 3. The van der Waals surface area contributed by atoms with Gasteiger partial charge >= 0.3 is 0 Å². The number of nitrogens with zero attached hydrogens (tertiary/aromatic N) is 5. The first-order chi connectivity index (χ1) is 12.7. The highest BCUT2D eigenvalue weighted by Gasteiger charge is 2.20. The zero-order valence-corrected chi connectivity index (χ0v) is 14.8. The molecule has 26 heavy (non-hydrogen) atoms. The van der Waals surface area contributed by atoms with E-state index in [1.807, 2.05) is 35.6 Å². The zero-order valence-electron chi connectivity index (χ0n) is 14.8. The lowest BCUT2D eigenvalue weighted by atomic mass is 10.1. The summed E-state index contributed by atoms with van der Waals surface area (Å²) in [5.41, 5.74) is 3.38. The van der Waals surface area contributed by atoms with Gasteiger partial charge in [-0.25, -0.2) is 4.98 Å². The van der Waals surface area contributed by atoms with Gasteiger partial charge in [-0.3, -0.25) is 4.40 Å². The average molecular weight is 351 g/mol. The van der Waals surface area contributed by atoms with Crippen LogP contribution in [0.1, 0.15) is 5.69 Å². The van der Waals surface area contributed by atoms with Gasteiger partial charge in [-0.15, -0.1) is 10.2 Å². The maximum Gasteiger partial charge on any atom is 0.215 e. The summed E-state index contributed by atoms with van der Waals surface area (Å²) in [5, 5.41) is 8.55. The number of rotatable bonds is 4. The third-order valence-corrected chi connectivity index (χ3v) is 4.17. The molecular weight excluding hydrogens is 334 g/mol. The first kappa shape index (κ1) is 16.1. The van der Waals surface area contributed by atoms with Crippen LogP contribution >= 0.6 is 0 Å². The fourth-order valence-corrected chi connectivity index (χ4v) is 2.96. The third kappa shape index (κ3) is 2.30. The molecular formula is C18H17N5O3. The largest absolute Gasteiger partial charge is 0.493 e. The van der Waals surface area contributed by atoms with E-state index < -0.39 is 0 Å². The van der Waals surface area contributed by atoms with Gasteiger partial charge < -0.3 is 14.2 Å². The molecule has 0 fully saturated rings. The number of hydrogen-bond acceptors (Lipinski definition) is 7. The summed E-state index contributed by atoms with van der Waals surface area (Å²) in [5.74, 6) is 2.35. The summed E-state index contributed by atoms with van der Waals surface area (Å²) >= 11 is 0. The first-order valence-electron chi connectivity index (χ1n) is 7.95. The molecule has 0 saturated carbocycles. The van der Waals surface area contributed by atoms with Crippen LogP contribution in [-0.2, 0) is 0 Å². The number of hydrogen-bond donors (Lipinski definition) is 0. The fraction of sp³-hybridized carbons (Fsp3) is 0.222. The molecule has 4 rings (SSSR count). The van der Waals surface area contributed by atoms with Gasteiger partial charge in [-0.1, -0.05) is 6.07 Å². The molecule has 3 aromatic heterocycles. The van der Waals surface area contributed by atoms with E-state index >= 15 is 0 Å². The van der Waals surface area contributed by atoms with Crippen molar-refractivity contribution in [2.24, 2.45) is 0 Å². The van der Waals surface area contributed by atoms with E-state index in [1.165, 1.54) is 0 Å². The standard InChI is InChI=1S/C18H17N5O3/c1-10-16-22-21-12-8-9-14(25-3)20-18(12)23(16)17(19-10)11-6-5-7-13(24-2)15(11)26-4/h5-9H,1-4H3. The number of ether oxygens (including phenoxy) is 3. The second-order valence-corrected chi connectivity index (χ2v) is 5.62. The summed E-state index contributed by atoms with van der Waals surface area (Å²) in [6.07, 6.45) is 0. The quantitative estimate of drug-likeness (QED) is 0.559. The fourth-order valence-electron chi connectivity index (χ4n) is 2.96. The van der Waals surface area contributed by atoms with Crippen molar-refractivity contribution >= 4 is 16.8 Å². The van der Waals surface area contributed by atoms with Crippen molar-refractivity contribution in [3.8, 4) is 28.8 Å². The molecule has 0 amide bonds. The second-order valence-electron chi connectivity index (χ2n) is 5.62. The number of pyridine rings is 1. The molecule has 0 aliphatic rings. The Balaban J connectivity index is 2.13. The van der Waals surface area contributed by atoms with Crippen LogP contribution < -0.4 is 14.2 Å². The molecule has 0 spiro atoms. The minimum absolute atomic E-state index is 0.488. The van der Waals surface area contributed by atoms with Gasteiger partial charge in [0, 0.05) is 6.07 Å². The van der Waals surface area contributed by atoms with Crippen molar-refractivity contribution in [2.75, 3.05) is 21.3 Å². The predicted octanol–water partition coefficient (Wildman–Crippen LogP) is 2.67. The van der Waals surface area contributed by atoms with Crippen LogP contribution in [0.4, 0.5) is 0 Å². The molecule has 8 heteroatoms. The molecule has 8 nitrogen and oxygen atoms in total. The van der Waals surface area contributed by atoms with Gasteiger partial charge in [0.2, 0.25) is 5.88 Å². The van der Waals surface area contributed by atoms with Crippen LogP contribution in [0, 0.1) is 6.92 Å². The van der Waals surface area contributed by atoms with Crippen molar-refractivity contribution in [1.82, 2.24) is 24.6 Å². The van der Waals surface area contributed by atoms with Gasteiger partial charge in [-0.2, -0.15) is 4.98 Å². The Labute approximate surface area is 149 Å². The summed E-state index contributed by atoms with van der Waals surface area (Å²) in [6, 6.07) is 9.21. The number of para-hydroxylation sites is 1. The van der Waals surface area contributed by atoms with Crippen LogP contribution in [0.2, 0.25) is 0 Å². The minimum atomic E-state index is 0.488. The van der Waals surface area contributed by atoms with E-state index in [-0.39, 0.29) is 0 Å². The van der Waals surface area contributed by atoms with E-state index in [0.717, 1.165) is 11.3 Å². The first-order valence-corrected chi connectivity index (χ1v) is 7.95. The number of aromatic nitrogens is 5. The lowest BCUT2D eigenvalue weighted by Gasteiger charge is -2.12. The van der Waals surface area contributed by atoms with Crippen LogP contribution in [0.3, 0.4) is 0 Å². The van der Waals surface area contributed by atoms with Crippen molar-refractivity contribution in [3.63, 3.8) is 0 Å². The average Bonchev–Trinajstić information content (AvgIpc) is 3.03. The summed E-state index contributed by atoms with van der Waals surface area (Å²) in [4.78, 5) is 9.24. The highest BCUT2D eigenvalue weighted by atomic mass is 16.5. The molecule has 132 valence electrons. The maximum absolute atomic E-state index is 5.58. The lowest BCUT2D eigenvalue weighted by molar-refractivity contribution is 0.356. The smallest absolute Gasteiger partial charge is 0.215 e. The Morgan fingerprint density at radius 1 is 0.846 bits per heavy atom. The highest BCUT2D eigenvalue weighted by Crippen LogP contribution is 2.38. The number of imidazole rings is 1. The van der Waals surface area contributed by atoms with Crippen molar-refractivity contribution < 1.29 is 14.2 Å². The molecule has 0 atom stereocenters. The van der Waals surface area contributed by atoms with Crippen LogP contribution in [0.25, 0.3) is 28.2 Å². The van der Waals surface area contributed by atoms with E-state index in [2.05, 4.69) is 15.2 Å². The van der Waals surface area contributed by atoms with Crippen LogP contribution in [0.15, 0.2) is 30.3 Å². The molecule has 3 heterocycles. The van der Waals surface area contributed by atoms with E-state index in [4.69, 9.17) is 19.2 Å². The van der Waals surface area contributed by atoms with Gasteiger partial charge in [0.05, 0.1) is 32.6 Å². The highest BCUT2D eigenvalue weighted by molar-refractivity contribution is 5.80. The van der Waals surface area contributed by atoms with E-state index in [0.29, 0.717) is 40.0 Å². The van der Waals surface area contributed by atoms with Crippen molar-refractivity contribution in [3.05, 3.63) is 36.0 Å². The molecule has 0 radical (unpaired) electrons. The van der Waals surface area contributed by atoms with Crippen molar-refractivity contribution in [1.29, 1.82) is 0 Å². The maximum atomic E-state index is 5.58. The second kappa shape index (κ2) is 6.14. The molecule has 0 unspecified atom stereocenters. The Hall–Kier alpha value is -3.42. The normalized spacial score (nSPS) is 11.1. The topological polar surface area (TPSA) is 83.7 Å². The Bertz CT molecular complexity index is 1120. The third-order valence-electron chi connectivity index (χ3n) is 4.17. The van der Waals surface area contributed by atoms with Gasteiger partial charge in [0.15, 0.2) is 28.6 Å². The summed E-state index contributed by atoms with van der Waals surface area (Å²) in [6.45, 7) is 1.88.